The summed E-state index contributed by atoms with van der Waals surface area (Å²) < 4.78 is 47.7. The van der Waals surface area contributed by atoms with Gasteiger partial charge in [0.1, 0.15) is 12.4 Å². The van der Waals surface area contributed by atoms with Crippen LogP contribution in [-0.2, 0) is 19.6 Å². The Morgan fingerprint density at radius 1 is 0.963 bits per heavy atom. The number of ether oxygens (including phenoxy) is 1. The van der Waals surface area contributed by atoms with Crippen molar-refractivity contribution >= 4 is 0 Å². The topological polar surface area (TPSA) is 27.1 Å². The van der Waals surface area contributed by atoms with Gasteiger partial charge < -0.3 is 4.74 Å². The van der Waals surface area contributed by atoms with Crippen molar-refractivity contribution in [2.24, 2.45) is 0 Å². The summed E-state index contributed by atoms with van der Waals surface area (Å²) in [7, 11) is 0. The molecule has 142 valence electrons. The lowest BCUT2D eigenvalue weighted by Gasteiger charge is -2.10. The Labute approximate surface area is 156 Å². The van der Waals surface area contributed by atoms with E-state index >= 15 is 0 Å². The number of hydrogen-bond acceptors (Lipinski definition) is 2. The van der Waals surface area contributed by atoms with Crippen LogP contribution in [0.25, 0.3) is 0 Å². The maximum atomic E-state index is 13.8. The highest BCUT2D eigenvalue weighted by Gasteiger charge is 2.13. The van der Waals surface area contributed by atoms with Gasteiger partial charge in [-0.25, -0.2) is 17.9 Å². The fourth-order valence-corrected chi connectivity index (χ4v) is 2.75. The SMILES string of the molecule is CCCc1cc(OCc2cc(F)c(F)cc2F)n(Cc2ccc(C)cc2)n1. The Bertz CT molecular complexity index is 920. The smallest absolute Gasteiger partial charge is 0.212 e. The molecule has 0 atom stereocenters. The first kappa shape index (κ1) is 19.0. The lowest BCUT2D eigenvalue weighted by molar-refractivity contribution is 0.269. The molecule has 6 heteroatoms. The van der Waals surface area contributed by atoms with Gasteiger partial charge in [-0.1, -0.05) is 43.2 Å². The maximum absolute atomic E-state index is 13.8. The zero-order valence-electron chi connectivity index (χ0n) is 15.3. The van der Waals surface area contributed by atoms with E-state index in [1.807, 2.05) is 31.2 Å². The van der Waals surface area contributed by atoms with Gasteiger partial charge in [-0.3, -0.25) is 0 Å². The summed E-state index contributed by atoms with van der Waals surface area (Å²) in [5, 5.41) is 4.55. The van der Waals surface area contributed by atoms with Crippen LogP contribution in [0.3, 0.4) is 0 Å². The van der Waals surface area contributed by atoms with Crippen LogP contribution in [0, 0.1) is 24.4 Å². The third kappa shape index (κ3) is 4.70. The minimum atomic E-state index is -1.22. The average Bonchev–Trinajstić information content (AvgIpc) is 3.01. The molecule has 0 spiro atoms. The number of halogens is 3. The minimum Gasteiger partial charge on any atom is -0.473 e. The Hall–Kier alpha value is -2.76. The second-order valence-corrected chi connectivity index (χ2v) is 6.51. The van der Waals surface area contributed by atoms with Gasteiger partial charge in [-0.05, 0) is 25.0 Å². The van der Waals surface area contributed by atoms with E-state index in [0.29, 0.717) is 18.5 Å². The third-order valence-corrected chi connectivity index (χ3v) is 4.22. The molecule has 0 fully saturated rings. The second-order valence-electron chi connectivity index (χ2n) is 6.51. The molecule has 27 heavy (non-hydrogen) atoms. The Morgan fingerprint density at radius 2 is 1.67 bits per heavy atom. The van der Waals surface area contributed by atoms with E-state index in [0.717, 1.165) is 35.7 Å². The van der Waals surface area contributed by atoms with Gasteiger partial charge in [0.25, 0.3) is 0 Å². The predicted molar refractivity (Wildman–Crippen MR) is 97.2 cm³/mol. The van der Waals surface area contributed by atoms with Gasteiger partial charge in [0.15, 0.2) is 11.6 Å². The monoisotopic (exact) mass is 374 g/mol. The van der Waals surface area contributed by atoms with E-state index in [1.54, 1.807) is 10.7 Å². The number of nitrogens with zero attached hydrogens (tertiary/aromatic N) is 2. The number of rotatable bonds is 7. The van der Waals surface area contributed by atoms with Gasteiger partial charge in [0, 0.05) is 17.7 Å². The third-order valence-electron chi connectivity index (χ3n) is 4.22. The lowest BCUT2D eigenvalue weighted by Crippen LogP contribution is -2.08. The van der Waals surface area contributed by atoms with Crippen molar-refractivity contribution < 1.29 is 17.9 Å². The first-order chi connectivity index (χ1) is 13.0. The van der Waals surface area contributed by atoms with Crippen molar-refractivity contribution in [3.8, 4) is 5.88 Å². The molecular formula is C21H21F3N2O. The van der Waals surface area contributed by atoms with Crippen molar-refractivity contribution in [2.75, 3.05) is 0 Å². The van der Waals surface area contributed by atoms with Crippen molar-refractivity contribution in [1.82, 2.24) is 9.78 Å². The first-order valence-electron chi connectivity index (χ1n) is 8.84. The number of aryl methyl sites for hydroxylation is 2. The molecule has 3 nitrogen and oxygen atoms in total. The quantitative estimate of drug-likeness (QED) is 0.532. The number of hydrogen-bond donors (Lipinski definition) is 0. The normalized spacial score (nSPS) is 11.0. The lowest BCUT2D eigenvalue weighted by atomic mass is 10.1. The summed E-state index contributed by atoms with van der Waals surface area (Å²) in [5.41, 5.74) is 3.03. The van der Waals surface area contributed by atoms with Gasteiger partial charge >= 0.3 is 0 Å². The van der Waals surface area contributed by atoms with E-state index in [2.05, 4.69) is 12.0 Å². The number of benzene rings is 2. The van der Waals surface area contributed by atoms with Crippen LogP contribution in [-0.4, -0.2) is 9.78 Å². The summed E-state index contributed by atoms with van der Waals surface area (Å²) in [4.78, 5) is 0. The highest BCUT2D eigenvalue weighted by atomic mass is 19.2. The Balaban J connectivity index is 1.81. The van der Waals surface area contributed by atoms with Gasteiger partial charge in [-0.2, -0.15) is 5.10 Å². The second kappa shape index (κ2) is 8.29. The van der Waals surface area contributed by atoms with Crippen molar-refractivity contribution in [1.29, 1.82) is 0 Å². The van der Waals surface area contributed by atoms with Crippen molar-refractivity contribution in [2.45, 2.75) is 39.8 Å². The van der Waals surface area contributed by atoms with E-state index < -0.39 is 17.5 Å². The Morgan fingerprint density at radius 3 is 2.37 bits per heavy atom. The van der Waals surface area contributed by atoms with Crippen LogP contribution < -0.4 is 4.74 Å². The van der Waals surface area contributed by atoms with Gasteiger partial charge in [0.2, 0.25) is 5.88 Å². The largest absolute Gasteiger partial charge is 0.473 e. The molecule has 0 unspecified atom stereocenters. The van der Waals surface area contributed by atoms with E-state index in [9.17, 15) is 13.2 Å². The zero-order valence-corrected chi connectivity index (χ0v) is 15.3. The molecular weight excluding hydrogens is 353 g/mol. The molecule has 1 heterocycles. The predicted octanol–water partition coefficient (Wildman–Crippen LogP) is 5.19. The molecule has 0 bridgehead atoms. The molecule has 2 aromatic carbocycles. The Kier molecular flexibility index (Phi) is 5.84. The summed E-state index contributed by atoms with van der Waals surface area (Å²) >= 11 is 0. The summed E-state index contributed by atoms with van der Waals surface area (Å²) in [6.07, 6.45) is 1.72. The van der Waals surface area contributed by atoms with Gasteiger partial charge in [-0.15, -0.1) is 0 Å². The van der Waals surface area contributed by atoms with E-state index in [4.69, 9.17) is 4.74 Å². The fourth-order valence-electron chi connectivity index (χ4n) is 2.75. The highest BCUT2D eigenvalue weighted by molar-refractivity contribution is 5.25. The van der Waals surface area contributed by atoms with Crippen LogP contribution in [0.2, 0.25) is 0 Å². The zero-order chi connectivity index (χ0) is 19.4. The van der Waals surface area contributed by atoms with Crippen LogP contribution in [0.5, 0.6) is 5.88 Å². The minimum absolute atomic E-state index is 0.0472. The molecule has 3 aromatic rings. The molecule has 0 aliphatic carbocycles. The van der Waals surface area contributed by atoms with Crippen LogP contribution in [0.15, 0.2) is 42.5 Å². The molecule has 0 N–H and O–H groups in total. The average molecular weight is 374 g/mol. The molecule has 0 radical (unpaired) electrons. The van der Waals surface area contributed by atoms with Crippen LogP contribution in [0.1, 0.15) is 35.7 Å². The molecule has 1 aromatic heterocycles. The molecule has 0 aliphatic rings. The van der Waals surface area contributed by atoms with E-state index in [1.165, 1.54) is 0 Å². The van der Waals surface area contributed by atoms with E-state index in [-0.39, 0.29) is 12.2 Å². The molecule has 0 amide bonds. The molecule has 0 aliphatic heterocycles. The maximum Gasteiger partial charge on any atom is 0.212 e. The molecule has 0 saturated heterocycles. The first-order valence-corrected chi connectivity index (χ1v) is 8.84. The standard InChI is InChI=1S/C21H21F3N2O/c1-3-4-17-10-21(26(25-17)12-15-7-5-14(2)6-8-15)27-13-16-9-19(23)20(24)11-18(16)22/h5-11H,3-4,12-13H2,1-2H3. The summed E-state index contributed by atoms with van der Waals surface area (Å²) in [5.74, 6) is -2.70. The summed E-state index contributed by atoms with van der Waals surface area (Å²) in [6.45, 7) is 4.35. The van der Waals surface area contributed by atoms with Crippen LogP contribution in [0.4, 0.5) is 13.2 Å². The number of aromatic nitrogens is 2. The molecule has 0 saturated carbocycles. The molecule has 3 rings (SSSR count). The van der Waals surface area contributed by atoms with Crippen LogP contribution >= 0.6 is 0 Å². The fraction of sp³-hybridized carbons (Fsp3) is 0.286. The van der Waals surface area contributed by atoms with Gasteiger partial charge in [0.05, 0.1) is 12.2 Å². The van der Waals surface area contributed by atoms with Crippen molar-refractivity contribution in [3.63, 3.8) is 0 Å². The van der Waals surface area contributed by atoms with Crippen molar-refractivity contribution in [3.05, 3.63) is 82.3 Å². The highest BCUT2D eigenvalue weighted by Crippen LogP contribution is 2.21. The summed E-state index contributed by atoms with van der Waals surface area (Å²) in [6, 6.07) is 11.2.